The lowest BCUT2D eigenvalue weighted by molar-refractivity contribution is -0.119. The van der Waals surface area contributed by atoms with E-state index >= 15 is 0 Å². The number of benzene rings is 2. The number of primary amides is 1. The van der Waals surface area contributed by atoms with Crippen molar-refractivity contribution < 1.29 is 4.79 Å². The molecule has 0 fully saturated rings. The molecular formula is C24H25N7O2. The van der Waals surface area contributed by atoms with Crippen molar-refractivity contribution in [2.45, 2.75) is 26.4 Å². The van der Waals surface area contributed by atoms with Crippen molar-refractivity contribution in [2.75, 3.05) is 6.67 Å². The smallest absolute Gasteiger partial charge is 0.263 e. The molecule has 33 heavy (non-hydrogen) atoms. The summed E-state index contributed by atoms with van der Waals surface area (Å²) < 4.78 is 1.74. The largest absolute Gasteiger partial charge is 0.384 e. The van der Waals surface area contributed by atoms with Gasteiger partial charge in [0.15, 0.2) is 0 Å². The van der Waals surface area contributed by atoms with Crippen molar-refractivity contribution in [2.24, 2.45) is 16.5 Å². The molecule has 3 heterocycles. The molecule has 0 spiro atoms. The van der Waals surface area contributed by atoms with Crippen molar-refractivity contribution in [3.63, 3.8) is 0 Å². The first kappa shape index (κ1) is 20.8. The predicted molar refractivity (Wildman–Crippen MR) is 127 cm³/mol. The zero-order valence-electron chi connectivity index (χ0n) is 18.4. The van der Waals surface area contributed by atoms with Crippen LogP contribution in [-0.2, 0) is 11.3 Å². The number of amides is 1. The van der Waals surface area contributed by atoms with Crippen LogP contribution >= 0.6 is 0 Å². The number of nitrogens with two attached hydrogens (primary N) is 2. The summed E-state index contributed by atoms with van der Waals surface area (Å²) in [5, 5.41) is 6.49. The van der Waals surface area contributed by atoms with E-state index in [1.165, 1.54) is 0 Å². The van der Waals surface area contributed by atoms with E-state index in [-0.39, 0.29) is 24.6 Å². The average Bonchev–Trinajstić information content (AvgIpc) is 3.15. The zero-order valence-corrected chi connectivity index (χ0v) is 18.4. The number of aryl methyl sites for hydroxylation is 2. The van der Waals surface area contributed by atoms with E-state index in [4.69, 9.17) is 11.5 Å². The minimum atomic E-state index is -0.808. The van der Waals surface area contributed by atoms with Crippen molar-refractivity contribution in [3.05, 3.63) is 87.1 Å². The maximum atomic E-state index is 13.8. The van der Waals surface area contributed by atoms with Crippen LogP contribution in [0, 0.1) is 13.8 Å². The Morgan fingerprint density at radius 1 is 1.15 bits per heavy atom. The summed E-state index contributed by atoms with van der Waals surface area (Å²) in [5.41, 5.74) is 18.7. The number of aromatic nitrogens is 1. The second kappa shape index (κ2) is 7.79. The Balaban J connectivity index is 1.70. The molecule has 2 aliphatic rings. The normalized spacial score (nSPS) is 17.7. The van der Waals surface area contributed by atoms with Gasteiger partial charge < -0.3 is 16.8 Å². The van der Waals surface area contributed by atoms with Crippen LogP contribution in [0.25, 0.3) is 16.5 Å². The van der Waals surface area contributed by atoms with Crippen LogP contribution in [0.2, 0.25) is 0 Å². The van der Waals surface area contributed by atoms with Gasteiger partial charge in [-0.2, -0.15) is 0 Å². The van der Waals surface area contributed by atoms with Gasteiger partial charge in [-0.05, 0) is 42.5 Å². The summed E-state index contributed by atoms with van der Waals surface area (Å²) >= 11 is 0. The molecule has 1 aromatic heterocycles. The van der Waals surface area contributed by atoms with Gasteiger partial charge in [-0.15, -0.1) is 0 Å². The van der Waals surface area contributed by atoms with Crippen LogP contribution < -0.4 is 27.8 Å². The fourth-order valence-electron chi connectivity index (χ4n) is 4.59. The quantitative estimate of drug-likeness (QED) is 0.474. The molecule has 0 bridgehead atoms. The summed E-state index contributed by atoms with van der Waals surface area (Å²) in [6, 6.07) is 14.8. The number of amidine groups is 1. The van der Waals surface area contributed by atoms with Crippen LogP contribution in [0.4, 0.5) is 0 Å². The number of nitrogens with zero attached hydrogens (tertiary/aromatic N) is 3. The van der Waals surface area contributed by atoms with Crippen molar-refractivity contribution in [1.82, 2.24) is 20.3 Å². The van der Waals surface area contributed by atoms with Crippen LogP contribution in [0.1, 0.15) is 16.8 Å². The van der Waals surface area contributed by atoms with Gasteiger partial charge in [-0.1, -0.05) is 36.4 Å². The van der Waals surface area contributed by atoms with E-state index in [0.29, 0.717) is 16.8 Å². The van der Waals surface area contributed by atoms with E-state index in [9.17, 15) is 9.59 Å². The van der Waals surface area contributed by atoms with E-state index < -0.39 is 11.9 Å². The number of hydrogen-bond donors (Lipinski definition) is 4. The number of hydrogen-bond acceptors (Lipinski definition) is 7. The van der Waals surface area contributed by atoms with Crippen LogP contribution in [0.3, 0.4) is 0 Å². The molecule has 6 N–H and O–H groups in total. The molecule has 3 aromatic rings. The molecule has 5 rings (SSSR count). The topological polar surface area (TPSA) is 131 Å². The number of para-hydroxylation sites is 1. The molecule has 2 aromatic carbocycles. The lowest BCUT2D eigenvalue weighted by Gasteiger charge is -2.26. The van der Waals surface area contributed by atoms with Gasteiger partial charge in [-0.25, -0.2) is 10.4 Å². The maximum absolute atomic E-state index is 13.8. The molecule has 0 aliphatic carbocycles. The third-order valence-corrected chi connectivity index (χ3v) is 6.16. The molecule has 2 aliphatic heterocycles. The fraction of sp³-hybridized carbons (Fsp3) is 0.208. The minimum absolute atomic E-state index is 0.0903. The van der Waals surface area contributed by atoms with E-state index in [2.05, 4.69) is 15.7 Å². The molecule has 0 saturated carbocycles. The Hall–Kier alpha value is -4.11. The monoisotopic (exact) mass is 443 g/mol. The van der Waals surface area contributed by atoms with Gasteiger partial charge in [0, 0.05) is 5.69 Å². The van der Waals surface area contributed by atoms with Gasteiger partial charge in [0.25, 0.3) is 5.56 Å². The Morgan fingerprint density at radius 2 is 1.91 bits per heavy atom. The second-order valence-electron chi connectivity index (χ2n) is 8.29. The summed E-state index contributed by atoms with van der Waals surface area (Å²) in [6.45, 7) is 4.49. The number of hydrazine groups is 1. The lowest BCUT2D eigenvalue weighted by atomic mass is 10.1. The molecular weight excluding hydrogens is 418 g/mol. The van der Waals surface area contributed by atoms with Crippen molar-refractivity contribution in [3.8, 4) is 5.69 Å². The van der Waals surface area contributed by atoms with Crippen LogP contribution in [-0.4, -0.2) is 34.0 Å². The maximum Gasteiger partial charge on any atom is 0.263 e. The summed E-state index contributed by atoms with van der Waals surface area (Å²) in [7, 11) is 0. The van der Waals surface area contributed by atoms with Crippen LogP contribution in [0.5, 0.6) is 0 Å². The molecule has 1 unspecified atom stereocenters. The number of carbonyl (C=O) groups is 1. The second-order valence-corrected chi connectivity index (χ2v) is 8.29. The summed E-state index contributed by atoms with van der Waals surface area (Å²) in [5.74, 6) is 0.352. The SMILES string of the molecule is Cc1ccccc1-n1c(CN2NC(C(N)=O)C3=C2NCN=C3N)cc2cccc(C)c2c1=O. The first-order chi connectivity index (χ1) is 15.9. The summed E-state index contributed by atoms with van der Waals surface area (Å²) in [4.78, 5) is 30.1. The number of carbonyl (C=O) groups excluding carboxylic acids is 1. The predicted octanol–water partition coefficient (Wildman–Crippen LogP) is 0.911. The molecule has 0 radical (unpaired) electrons. The zero-order chi connectivity index (χ0) is 23.3. The standard InChI is InChI=1S/C24H25N7O2/c1-13-6-3-4-9-17(13)31-16(10-15-8-5-7-14(2)18(15)24(31)33)11-30-23-19(20(29-30)22(26)32)21(25)27-12-28-23/h3-10,20,28-29H,11-12H2,1-2H3,(H2,25,27)(H2,26,32). The summed E-state index contributed by atoms with van der Waals surface area (Å²) in [6.07, 6.45) is 0. The average molecular weight is 444 g/mol. The minimum Gasteiger partial charge on any atom is -0.384 e. The van der Waals surface area contributed by atoms with E-state index in [1.807, 2.05) is 62.4 Å². The van der Waals surface area contributed by atoms with Crippen LogP contribution in [0.15, 0.2) is 69.7 Å². The number of rotatable bonds is 4. The molecule has 1 amide bonds. The van der Waals surface area contributed by atoms with Gasteiger partial charge in [0.1, 0.15) is 24.4 Å². The third-order valence-electron chi connectivity index (χ3n) is 6.16. The highest BCUT2D eigenvalue weighted by Gasteiger charge is 2.38. The van der Waals surface area contributed by atoms with E-state index in [0.717, 1.165) is 27.9 Å². The molecule has 9 heteroatoms. The molecule has 0 saturated heterocycles. The highest BCUT2D eigenvalue weighted by Crippen LogP contribution is 2.26. The van der Waals surface area contributed by atoms with Crippen molar-refractivity contribution in [1.29, 1.82) is 0 Å². The Morgan fingerprint density at radius 3 is 2.67 bits per heavy atom. The number of pyridine rings is 1. The van der Waals surface area contributed by atoms with Gasteiger partial charge in [-0.3, -0.25) is 19.2 Å². The first-order valence-corrected chi connectivity index (χ1v) is 10.7. The van der Waals surface area contributed by atoms with Gasteiger partial charge in [0.05, 0.1) is 23.2 Å². The Kier molecular flexibility index (Phi) is 4.90. The fourth-order valence-corrected chi connectivity index (χ4v) is 4.59. The van der Waals surface area contributed by atoms with Gasteiger partial charge in [0.2, 0.25) is 5.91 Å². The lowest BCUT2D eigenvalue weighted by Crippen LogP contribution is -2.46. The number of fused-ring (bicyclic) bond motifs is 1. The highest BCUT2D eigenvalue weighted by molar-refractivity contribution is 6.05. The number of nitrogens with one attached hydrogen (secondary N) is 2. The molecule has 168 valence electrons. The first-order valence-electron chi connectivity index (χ1n) is 10.7. The molecule has 9 nitrogen and oxygen atoms in total. The third kappa shape index (κ3) is 3.33. The van der Waals surface area contributed by atoms with Crippen molar-refractivity contribution >= 4 is 22.5 Å². The highest BCUT2D eigenvalue weighted by atomic mass is 16.1. The Bertz CT molecular complexity index is 1420. The van der Waals surface area contributed by atoms with E-state index in [1.54, 1.807) is 9.58 Å². The van der Waals surface area contributed by atoms with Gasteiger partial charge >= 0.3 is 0 Å². The molecule has 1 atom stereocenters. The Labute approximate surface area is 190 Å². The number of aliphatic imine (C=N–C) groups is 1.